The minimum atomic E-state index is -0.777. The quantitative estimate of drug-likeness (QED) is 0.247. The van der Waals surface area contributed by atoms with Gasteiger partial charge in [-0.05, 0) is 13.0 Å². The number of nitrogens with zero attached hydrogens (tertiary/aromatic N) is 6. The minimum Gasteiger partial charge on any atom is -0.441 e. The van der Waals surface area contributed by atoms with Gasteiger partial charge >= 0.3 is 5.91 Å². The van der Waals surface area contributed by atoms with Crippen LogP contribution in [0.1, 0.15) is 38.3 Å². The molecule has 0 atom stereocenters. The molecule has 0 saturated carbocycles. The molecule has 2 amide bonds. The van der Waals surface area contributed by atoms with Crippen LogP contribution in [0, 0.1) is 6.92 Å². The number of nitrogens with one attached hydrogen (secondary N) is 1. The summed E-state index contributed by atoms with van der Waals surface area (Å²) in [6.07, 6.45) is 5.83. The average molecular weight is 426 g/mol. The van der Waals surface area contributed by atoms with E-state index < -0.39 is 5.91 Å². The van der Waals surface area contributed by atoms with Crippen molar-refractivity contribution in [2.75, 3.05) is 0 Å². The molecule has 0 spiro atoms. The molecule has 4 aromatic rings. The van der Waals surface area contributed by atoms with E-state index in [0.717, 1.165) is 37.3 Å². The molecule has 154 valence electrons. The molecule has 12 heteroatoms. The fourth-order valence-electron chi connectivity index (χ4n) is 2.93. The SMILES string of the molecule is Cc1c(/C=N\N(C=O)Cc2coc(C(N)=O)n2)c2sc(Cc3ccn[nH]3)nc2n1C. The van der Waals surface area contributed by atoms with E-state index in [1.807, 2.05) is 24.6 Å². The van der Waals surface area contributed by atoms with Gasteiger partial charge in [0.2, 0.25) is 6.41 Å². The second kappa shape index (κ2) is 7.91. The molecular weight excluding hydrogens is 408 g/mol. The average Bonchev–Trinajstić information content (AvgIpc) is 3.50. The Morgan fingerprint density at radius 1 is 1.47 bits per heavy atom. The zero-order chi connectivity index (χ0) is 21.3. The number of carbonyl (C=O) groups excluding carboxylic acids is 2. The molecule has 0 aromatic carbocycles. The summed E-state index contributed by atoms with van der Waals surface area (Å²) in [5, 5.41) is 13.3. The van der Waals surface area contributed by atoms with Crippen molar-refractivity contribution >= 4 is 40.2 Å². The van der Waals surface area contributed by atoms with Crippen molar-refractivity contribution in [2.24, 2.45) is 17.9 Å². The number of fused-ring (bicyclic) bond motifs is 1. The van der Waals surface area contributed by atoms with E-state index in [2.05, 4.69) is 20.3 Å². The molecule has 0 unspecified atom stereocenters. The first kappa shape index (κ1) is 19.5. The molecule has 11 nitrogen and oxygen atoms in total. The minimum absolute atomic E-state index is 0.0412. The Morgan fingerprint density at radius 3 is 2.97 bits per heavy atom. The second-order valence-corrected chi connectivity index (χ2v) is 7.62. The van der Waals surface area contributed by atoms with Gasteiger partial charge < -0.3 is 14.7 Å². The lowest BCUT2D eigenvalue weighted by atomic mass is 10.3. The molecule has 0 fully saturated rings. The highest BCUT2D eigenvalue weighted by molar-refractivity contribution is 7.19. The van der Waals surface area contributed by atoms with Gasteiger partial charge in [-0.3, -0.25) is 14.7 Å². The molecule has 4 aromatic heterocycles. The maximum absolute atomic E-state index is 11.4. The zero-order valence-corrected chi connectivity index (χ0v) is 17.0. The van der Waals surface area contributed by atoms with Crippen LogP contribution in [0.2, 0.25) is 0 Å². The highest BCUT2D eigenvalue weighted by Crippen LogP contribution is 2.30. The molecule has 0 aliphatic rings. The molecule has 4 rings (SSSR count). The monoisotopic (exact) mass is 426 g/mol. The number of hydrogen-bond acceptors (Lipinski definition) is 8. The van der Waals surface area contributed by atoms with Crippen LogP contribution in [0.5, 0.6) is 0 Å². The fraction of sp³-hybridized carbons (Fsp3) is 0.222. The number of carbonyl (C=O) groups is 2. The number of H-pyrrole nitrogens is 1. The van der Waals surface area contributed by atoms with Crippen LogP contribution in [0.4, 0.5) is 0 Å². The first-order valence-corrected chi connectivity index (χ1v) is 9.71. The number of nitrogens with two attached hydrogens (primary N) is 1. The van der Waals surface area contributed by atoms with Crippen molar-refractivity contribution in [1.82, 2.24) is 29.7 Å². The van der Waals surface area contributed by atoms with E-state index >= 15 is 0 Å². The number of hydrogen-bond donors (Lipinski definition) is 2. The third kappa shape index (κ3) is 3.72. The predicted octanol–water partition coefficient (Wildman–Crippen LogP) is 1.34. The summed E-state index contributed by atoms with van der Waals surface area (Å²) < 4.78 is 7.94. The van der Waals surface area contributed by atoms with Crippen LogP contribution in [-0.2, 0) is 24.8 Å². The Morgan fingerprint density at radius 2 is 2.30 bits per heavy atom. The largest absolute Gasteiger partial charge is 0.441 e. The van der Waals surface area contributed by atoms with Crippen LogP contribution in [0.3, 0.4) is 0 Å². The third-order valence-corrected chi connectivity index (χ3v) is 5.63. The molecule has 4 heterocycles. The lowest BCUT2D eigenvalue weighted by molar-refractivity contribution is -0.118. The van der Waals surface area contributed by atoms with Crippen LogP contribution in [-0.4, -0.2) is 48.3 Å². The second-order valence-electron chi connectivity index (χ2n) is 6.53. The Balaban J connectivity index is 1.58. The van der Waals surface area contributed by atoms with Gasteiger partial charge in [-0.1, -0.05) is 0 Å². The smallest absolute Gasteiger partial charge is 0.304 e. The van der Waals surface area contributed by atoms with Crippen molar-refractivity contribution in [3.8, 4) is 0 Å². The van der Waals surface area contributed by atoms with Gasteiger partial charge in [-0.2, -0.15) is 10.2 Å². The summed E-state index contributed by atoms with van der Waals surface area (Å²) in [6.45, 7) is 2.01. The van der Waals surface area contributed by atoms with Gasteiger partial charge in [0.15, 0.2) is 5.65 Å². The van der Waals surface area contributed by atoms with Crippen LogP contribution < -0.4 is 5.73 Å². The van der Waals surface area contributed by atoms with Gasteiger partial charge in [-0.25, -0.2) is 15.0 Å². The number of hydrazone groups is 1. The molecular formula is C18H18N8O3S. The van der Waals surface area contributed by atoms with Gasteiger partial charge in [0.25, 0.3) is 5.89 Å². The van der Waals surface area contributed by atoms with E-state index in [0.29, 0.717) is 18.5 Å². The number of aromatic nitrogens is 5. The van der Waals surface area contributed by atoms with E-state index in [-0.39, 0.29) is 12.4 Å². The van der Waals surface area contributed by atoms with Crippen molar-refractivity contribution in [1.29, 1.82) is 0 Å². The number of aromatic amines is 1. The first-order valence-electron chi connectivity index (χ1n) is 8.89. The molecule has 0 aliphatic carbocycles. The summed E-state index contributed by atoms with van der Waals surface area (Å²) in [5.74, 6) is -0.990. The van der Waals surface area contributed by atoms with E-state index in [4.69, 9.17) is 15.1 Å². The normalized spacial score (nSPS) is 11.5. The van der Waals surface area contributed by atoms with Gasteiger partial charge in [0.1, 0.15) is 17.0 Å². The lowest BCUT2D eigenvalue weighted by Crippen LogP contribution is -2.16. The van der Waals surface area contributed by atoms with Gasteiger partial charge in [0.05, 0.1) is 17.5 Å². The van der Waals surface area contributed by atoms with E-state index in [1.54, 1.807) is 23.7 Å². The highest BCUT2D eigenvalue weighted by atomic mass is 32.1. The molecule has 30 heavy (non-hydrogen) atoms. The Kier molecular flexibility index (Phi) is 5.14. The Labute approximate surface area is 174 Å². The van der Waals surface area contributed by atoms with Crippen LogP contribution in [0.15, 0.2) is 28.0 Å². The van der Waals surface area contributed by atoms with Crippen molar-refractivity contribution in [3.05, 3.63) is 52.1 Å². The Bertz CT molecular complexity index is 1230. The van der Waals surface area contributed by atoms with Crippen molar-refractivity contribution in [2.45, 2.75) is 19.9 Å². The van der Waals surface area contributed by atoms with Crippen molar-refractivity contribution < 1.29 is 14.0 Å². The summed E-state index contributed by atoms with van der Waals surface area (Å²) in [6, 6.07) is 1.91. The number of amides is 2. The highest BCUT2D eigenvalue weighted by Gasteiger charge is 2.17. The molecule has 3 N–H and O–H groups in total. The molecule has 0 aliphatic heterocycles. The van der Waals surface area contributed by atoms with Gasteiger partial charge in [0, 0.05) is 36.6 Å². The maximum atomic E-state index is 11.4. The number of rotatable bonds is 8. The molecule has 0 bridgehead atoms. The van der Waals surface area contributed by atoms with E-state index in [9.17, 15) is 9.59 Å². The van der Waals surface area contributed by atoms with E-state index in [1.165, 1.54) is 6.26 Å². The van der Waals surface area contributed by atoms with Gasteiger partial charge in [-0.15, -0.1) is 11.3 Å². The molecule has 0 radical (unpaired) electrons. The van der Waals surface area contributed by atoms with Crippen molar-refractivity contribution in [3.63, 3.8) is 0 Å². The third-order valence-electron chi connectivity index (χ3n) is 4.55. The Hall–Kier alpha value is -3.80. The number of thiazole rings is 1. The maximum Gasteiger partial charge on any atom is 0.304 e. The van der Waals surface area contributed by atoms with Crippen LogP contribution >= 0.6 is 11.3 Å². The summed E-state index contributed by atoms with van der Waals surface area (Å²) in [5.41, 5.74) is 9.18. The predicted molar refractivity (Wildman–Crippen MR) is 109 cm³/mol. The molecule has 0 saturated heterocycles. The fourth-order valence-corrected chi connectivity index (χ4v) is 4.11. The van der Waals surface area contributed by atoms with Crippen LogP contribution in [0.25, 0.3) is 10.3 Å². The zero-order valence-electron chi connectivity index (χ0n) is 16.2. The summed E-state index contributed by atoms with van der Waals surface area (Å²) in [4.78, 5) is 31.2. The number of aryl methyl sites for hydroxylation is 1. The summed E-state index contributed by atoms with van der Waals surface area (Å²) in [7, 11) is 1.94. The topological polar surface area (TPSA) is 148 Å². The number of oxazole rings is 1. The number of primary amides is 1. The summed E-state index contributed by atoms with van der Waals surface area (Å²) >= 11 is 1.57. The first-order chi connectivity index (χ1) is 14.5. The lowest BCUT2D eigenvalue weighted by Gasteiger charge is -2.08. The standard InChI is InChI=1S/C18H18N8O3S/c1-10-13(6-21-26(9-27)7-12-8-29-18(22-12)16(19)28)15-17(25(10)2)23-14(30-15)5-11-3-4-20-24-11/h3-4,6,8-9H,5,7H2,1-2H3,(H2,19,28)(H,20,24)/b21-6-.